The minimum Gasteiger partial charge on any atom is -0.0654 e. The average molecular weight is 182 g/mol. The van der Waals surface area contributed by atoms with Crippen LogP contribution in [0.4, 0.5) is 0 Å². The van der Waals surface area contributed by atoms with E-state index in [1.54, 1.807) is 0 Å². The summed E-state index contributed by atoms with van der Waals surface area (Å²) in [7, 11) is 0. The van der Waals surface area contributed by atoms with E-state index in [0.29, 0.717) is 16.2 Å². The summed E-state index contributed by atoms with van der Waals surface area (Å²) in [4.78, 5) is 0. The van der Waals surface area contributed by atoms with Crippen molar-refractivity contribution in [3.05, 3.63) is 0 Å². The maximum absolute atomic E-state index is 2.50. The second kappa shape index (κ2) is 3.00. The molecule has 0 aromatic rings. The Bertz CT molecular complexity index is 173. The Morgan fingerprint density at radius 1 is 1.08 bits per heavy atom. The van der Waals surface area contributed by atoms with Crippen molar-refractivity contribution in [3.63, 3.8) is 0 Å². The molecule has 1 rings (SSSR count). The Morgan fingerprint density at radius 3 is 1.77 bits per heavy atom. The van der Waals surface area contributed by atoms with E-state index in [-0.39, 0.29) is 0 Å². The normalized spacial score (nSPS) is 25.4. The Morgan fingerprint density at radius 2 is 1.54 bits per heavy atom. The van der Waals surface area contributed by atoms with Crippen LogP contribution in [-0.2, 0) is 0 Å². The van der Waals surface area contributed by atoms with E-state index in [4.69, 9.17) is 0 Å². The summed E-state index contributed by atoms with van der Waals surface area (Å²) in [5.41, 5.74) is 1.63. The van der Waals surface area contributed by atoms with Crippen molar-refractivity contribution in [2.24, 2.45) is 16.2 Å². The van der Waals surface area contributed by atoms with Crippen molar-refractivity contribution in [3.8, 4) is 0 Å². The van der Waals surface area contributed by atoms with Gasteiger partial charge in [-0.25, -0.2) is 0 Å². The highest BCUT2D eigenvalue weighted by atomic mass is 14.6. The van der Waals surface area contributed by atoms with Crippen LogP contribution in [0.5, 0.6) is 0 Å². The summed E-state index contributed by atoms with van der Waals surface area (Å²) in [5.74, 6) is 0. The quantitative estimate of drug-likeness (QED) is 0.596. The first-order valence-electron chi connectivity index (χ1n) is 5.77. The number of hydrogen-bond donors (Lipinski definition) is 0. The molecule has 13 heavy (non-hydrogen) atoms. The number of hydrogen-bond acceptors (Lipinski definition) is 0. The zero-order valence-electron chi connectivity index (χ0n) is 10.3. The van der Waals surface area contributed by atoms with Crippen LogP contribution >= 0.6 is 0 Å². The van der Waals surface area contributed by atoms with Crippen molar-refractivity contribution >= 4 is 0 Å². The third kappa shape index (κ3) is 1.65. The molecular weight excluding hydrogens is 156 g/mol. The maximum atomic E-state index is 2.50. The van der Waals surface area contributed by atoms with Crippen LogP contribution in [0.25, 0.3) is 0 Å². The van der Waals surface area contributed by atoms with Crippen molar-refractivity contribution in [1.82, 2.24) is 0 Å². The fourth-order valence-electron chi connectivity index (χ4n) is 2.82. The highest BCUT2D eigenvalue weighted by Crippen LogP contribution is 2.66. The molecule has 0 radical (unpaired) electrons. The van der Waals surface area contributed by atoms with Gasteiger partial charge in [-0.15, -0.1) is 0 Å². The third-order valence-electron chi connectivity index (χ3n) is 4.74. The van der Waals surface area contributed by atoms with Crippen LogP contribution < -0.4 is 0 Å². The topological polar surface area (TPSA) is 0 Å². The lowest BCUT2D eigenvalue weighted by atomic mass is 9.57. The Balaban J connectivity index is 2.88. The summed E-state index contributed by atoms with van der Waals surface area (Å²) in [6, 6.07) is 0. The van der Waals surface area contributed by atoms with Gasteiger partial charge < -0.3 is 0 Å². The first-order valence-corrected chi connectivity index (χ1v) is 5.77. The molecule has 0 nitrogen and oxygen atoms in total. The van der Waals surface area contributed by atoms with Gasteiger partial charge in [0.1, 0.15) is 0 Å². The van der Waals surface area contributed by atoms with E-state index < -0.39 is 0 Å². The van der Waals surface area contributed by atoms with Crippen LogP contribution in [0.1, 0.15) is 67.2 Å². The molecule has 0 bridgehead atoms. The van der Waals surface area contributed by atoms with Gasteiger partial charge in [0, 0.05) is 0 Å². The highest BCUT2D eigenvalue weighted by Gasteiger charge is 2.56. The summed E-state index contributed by atoms with van der Waals surface area (Å²) < 4.78 is 0. The van der Waals surface area contributed by atoms with Gasteiger partial charge in [-0.3, -0.25) is 0 Å². The van der Waals surface area contributed by atoms with E-state index >= 15 is 0 Å². The molecule has 0 aromatic heterocycles. The average Bonchev–Trinajstić information content (AvgIpc) is 2.67. The second-order valence-electron chi connectivity index (χ2n) is 6.39. The van der Waals surface area contributed by atoms with Crippen molar-refractivity contribution in [1.29, 1.82) is 0 Å². The van der Waals surface area contributed by atoms with Crippen LogP contribution in [0.15, 0.2) is 0 Å². The molecule has 1 aliphatic carbocycles. The van der Waals surface area contributed by atoms with E-state index in [9.17, 15) is 0 Å². The van der Waals surface area contributed by atoms with E-state index in [2.05, 4.69) is 41.5 Å². The first kappa shape index (κ1) is 11.1. The lowest BCUT2D eigenvalue weighted by molar-refractivity contribution is 0.0165. The summed E-state index contributed by atoms with van der Waals surface area (Å²) in [6.45, 7) is 14.5. The predicted octanol–water partition coefficient (Wildman–Crippen LogP) is 4.64. The molecule has 1 unspecified atom stereocenters. The highest BCUT2D eigenvalue weighted by molar-refractivity contribution is 5.06. The van der Waals surface area contributed by atoms with Crippen LogP contribution in [0, 0.1) is 16.2 Å². The number of rotatable bonds is 3. The second-order valence-corrected chi connectivity index (χ2v) is 6.39. The molecule has 0 N–H and O–H groups in total. The van der Waals surface area contributed by atoms with E-state index in [0.717, 1.165) is 0 Å². The molecule has 0 spiro atoms. The molecule has 0 heteroatoms. The molecule has 1 aliphatic rings. The first-order chi connectivity index (χ1) is 5.77. The van der Waals surface area contributed by atoms with Gasteiger partial charge in [-0.1, -0.05) is 48.0 Å². The smallest absolute Gasteiger partial charge is 0.0223 e. The molecule has 0 saturated heterocycles. The van der Waals surface area contributed by atoms with Crippen molar-refractivity contribution in [2.45, 2.75) is 67.2 Å². The van der Waals surface area contributed by atoms with E-state index in [1.165, 1.54) is 25.7 Å². The van der Waals surface area contributed by atoms with Gasteiger partial charge in [-0.2, -0.15) is 0 Å². The summed E-state index contributed by atoms with van der Waals surface area (Å²) in [5, 5.41) is 0. The summed E-state index contributed by atoms with van der Waals surface area (Å²) >= 11 is 0. The Kier molecular flexibility index (Phi) is 2.56. The lowest BCUT2D eigenvalue weighted by Crippen LogP contribution is -2.39. The maximum Gasteiger partial charge on any atom is -0.0223 e. The van der Waals surface area contributed by atoms with E-state index in [1.807, 2.05) is 0 Å². The zero-order chi connectivity index (χ0) is 10.3. The monoisotopic (exact) mass is 182 g/mol. The van der Waals surface area contributed by atoms with Crippen molar-refractivity contribution < 1.29 is 0 Å². The van der Waals surface area contributed by atoms with Gasteiger partial charge in [0.05, 0.1) is 0 Å². The standard InChI is InChI=1S/C13H26/c1-7-8-13(6,11(2,3)4)12(5)9-10-12/h7-10H2,1-6H3. The third-order valence-corrected chi connectivity index (χ3v) is 4.74. The fourth-order valence-corrected chi connectivity index (χ4v) is 2.82. The molecule has 0 heterocycles. The van der Waals surface area contributed by atoms with Gasteiger partial charge in [-0.05, 0) is 35.5 Å². The zero-order valence-corrected chi connectivity index (χ0v) is 10.3. The molecule has 1 saturated carbocycles. The van der Waals surface area contributed by atoms with Crippen LogP contribution in [0.3, 0.4) is 0 Å². The molecule has 78 valence electrons. The van der Waals surface area contributed by atoms with Gasteiger partial charge in [0.2, 0.25) is 0 Å². The van der Waals surface area contributed by atoms with Gasteiger partial charge >= 0.3 is 0 Å². The molecule has 1 fully saturated rings. The minimum atomic E-state index is 0.453. The minimum absolute atomic E-state index is 0.453. The van der Waals surface area contributed by atoms with Gasteiger partial charge in [0.15, 0.2) is 0 Å². The largest absolute Gasteiger partial charge is 0.0654 e. The summed E-state index contributed by atoms with van der Waals surface area (Å²) in [6.07, 6.45) is 5.60. The van der Waals surface area contributed by atoms with Crippen molar-refractivity contribution in [2.75, 3.05) is 0 Å². The molecule has 0 aromatic carbocycles. The Hall–Kier alpha value is 0. The molecular formula is C13H26. The molecule has 1 atom stereocenters. The molecule has 0 amide bonds. The Labute approximate surface area is 84.1 Å². The SMILES string of the molecule is CCCC(C)(C(C)(C)C)C1(C)CC1. The van der Waals surface area contributed by atoms with Crippen LogP contribution in [0.2, 0.25) is 0 Å². The predicted molar refractivity (Wildman–Crippen MR) is 59.8 cm³/mol. The van der Waals surface area contributed by atoms with Gasteiger partial charge in [0.25, 0.3) is 0 Å². The fraction of sp³-hybridized carbons (Fsp3) is 1.00. The lowest BCUT2D eigenvalue weighted by Gasteiger charge is -2.47. The van der Waals surface area contributed by atoms with Crippen LogP contribution in [-0.4, -0.2) is 0 Å². The molecule has 0 aliphatic heterocycles.